The summed E-state index contributed by atoms with van der Waals surface area (Å²) >= 11 is 0. The van der Waals surface area contributed by atoms with Gasteiger partial charge in [0.15, 0.2) is 0 Å². The molecule has 0 atom stereocenters. The van der Waals surface area contributed by atoms with Crippen molar-refractivity contribution in [1.29, 1.82) is 0 Å². The Kier molecular flexibility index (Phi) is 8.04. The van der Waals surface area contributed by atoms with E-state index in [1.807, 2.05) is 0 Å². The molecule has 0 fully saturated rings. The van der Waals surface area contributed by atoms with Crippen LogP contribution in [0.1, 0.15) is 47.5 Å². The summed E-state index contributed by atoms with van der Waals surface area (Å²) in [6, 6.07) is 0. The zero-order valence-corrected chi connectivity index (χ0v) is 12.3. The lowest BCUT2D eigenvalue weighted by atomic mass is 9.81. The Hall–Kier alpha value is -0.0800. The van der Waals surface area contributed by atoms with Crippen LogP contribution in [0.3, 0.4) is 0 Å². The molecule has 2 heteroatoms. The van der Waals surface area contributed by atoms with Crippen LogP contribution in [-0.4, -0.2) is 38.1 Å². The van der Waals surface area contributed by atoms with Crippen molar-refractivity contribution in [3.8, 4) is 0 Å². The van der Waals surface area contributed by atoms with Gasteiger partial charge in [0.25, 0.3) is 0 Å². The van der Waals surface area contributed by atoms with E-state index in [1.54, 1.807) is 0 Å². The van der Waals surface area contributed by atoms with Gasteiger partial charge in [0.2, 0.25) is 0 Å². The van der Waals surface area contributed by atoms with E-state index in [4.69, 9.17) is 0 Å². The zero-order valence-electron chi connectivity index (χ0n) is 12.3. The molecule has 0 bridgehead atoms. The first-order valence-electron chi connectivity index (χ1n) is 6.89. The quantitative estimate of drug-likeness (QED) is 0.652. The van der Waals surface area contributed by atoms with Crippen molar-refractivity contribution in [2.75, 3.05) is 33.2 Å². The van der Waals surface area contributed by atoms with Crippen molar-refractivity contribution < 1.29 is 0 Å². The topological polar surface area (TPSA) is 15.3 Å². The molecule has 0 saturated carbocycles. The Labute approximate surface area is 103 Å². The Balaban J connectivity index is 4.20. The van der Waals surface area contributed by atoms with E-state index >= 15 is 0 Å². The summed E-state index contributed by atoms with van der Waals surface area (Å²) in [5, 5.41) is 3.63. The van der Waals surface area contributed by atoms with Crippen molar-refractivity contribution >= 4 is 0 Å². The molecule has 2 nitrogen and oxygen atoms in total. The highest BCUT2D eigenvalue weighted by molar-refractivity contribution is 4.82. The lowest BCUT2D eigenvalue weighted by molar-refractivity contribution is 0.158. The molecule has 98 valence electrons. The monoisotopic (exact) mass is 228 g/mol. The third-order valence-electron chi connectivity index (χ3n) is 3.70. The maximum Gasteiger partial charge on any atom is 0.00468 e. The molecule has 0 rings (SSSR count). The average Bonchev–Trinajstić information content (AvgIpc) is 2.27. The van der Waals surface area contributed by atoms with Gasteiger partial charge in [0.1, 0.15) is 0 Å². The van der Waals surface area contributed by atoms with E-state index in [0.29, 0.717) is 5.41 Å². The van der Waals surface area contributed by atoms with Crippen molar-refractivity contribution in [3.63, 3.8) is 0 Å². The second kappa shape index (κ2) is 8.08. The molecule has 0 amide bonds. The van der Waals surface area contributed by atoms with Crippen molar-refractivity contribution in [2.45, 2.75) is 47.5 Å². The van der Waals surface area contributed by atoms with Gasteiger partial charge in [-0.2, -0.15) is 0 Å². The summed E-state index contributed by atoms with van der Waals surface area (Å²) < 4.78 is 0. The summed E-state index contributed by atoms with van der Waals surface area (Å²) in [5.74, 6) is 0.746. The van der Waals surface area contributed by atoms with Crippen LogP contribution in [0.25, 0.3) is 0 Å². The Bertz CT molecular complexity index is 162. The van der Waals surface area contributed by atoms with Crippen LogP contribution in [0.15, 0.2) is 0 Å². The second-order valence-corrected chi connectivity index (χ2v) is 5.56. The Morgan fingerprint density at radius 3 is 2.06 bits per heavy atom. The SMILES string of the molecule is CCN(C)CC(CC)(CC)CNCC(C)C. The number of hydrogen-bond donors (Lipinski definition) is 1. The lowest BCUT2D eigenvalue weighted by Crippen LogP contribution is -2.43. The highest BCUT2D eigenvalue weighted by Gasteiger charge is 2.26. The third kappa shape index (κ3) is 5.86. The highest BCUT2D eigenvalue weighted by Crippen LogP contribution is 2.26. The minimum Gasteiger partial charge on any atom is -0.316 e. The molecule has 0 radical (unpaired) electrons. The molecular formula is C14H32N2. The molecule has 0 aliphatic carbocycles. The van der Waals surface area contributed by atoms with Crippen LogP contribution in [0, 0.1) is 11.3 Å². The standard InChI is InChI=1S/C14H32N2/c1-7-14(8-2,12-16(6)9-3)11-15-10-13(4)5/h13,15H,7-12H2,1-6H3. The Morgan fingerprint density at radius 2 is 1.69 bits per heavy atom. The maximum atomic E-state index is 3.63. The van der Waals surface area contributed by atoms with Crippen LogP contribution >= 0.6 is 0 Å². The van der Waals surface area contributed by atoms with Crippen LogP contribution in [0.5, 0.6) is 0 Å². The summed E-state index contributed by atoms with van der Waals surface area (Å²) in [7, 11) is 2.22. The van der Waals surface area contributed by atoms with E-state index in [9.17, 15) is 0 Å². The summed E-state index contributed by atoms with van der Waals surface area (Å²) in [4.78, 5) is 2.43. The lowest BCUT2D eigenvalue weighted by Gasteiger charge is -2.36. The predicted molar refractivity (Wildman–Crippen MR) is 73.9 cm³/mol. The summed E-state index contributed by atoms with van der Waals surface area (Å²) in [6.45, 7) is 16.1. The van der Waals surface area contributed by atoms with Gasteiger partial charge in [-0.3, -0.25) is 0 Å². The van der Waals surface area contributed by atoms with Crippen LogP contribution < -0.4 is 5.32 Å². The zero-order chi connectivity index (χ0) is 12.6. The third-order valence-corrected chi connectivity index (χ3v) is 3.70. The van der Waals surface area contributed by atoms with E-state index in [1.165, 1.54) is 19.4 Å². The normalized spacial score (nSPS) is 12.8. The van der Waals surface area contributed by atoms with Gasteiger partial charge in [-0.1, -0.05) is 34.6 Å². The number of nitrogens with one attached hydrogen (secondary N) is 1. The van der Waals surface area contributed by atoms with E-state index < -0.39 is 0 Å². The average molecular weight is 228 g/mol. The fraction of sp³-hybridized carbons (Fsp3) is 1.00. The first-order valence-corrected chi connectivity index (χ1v) is 6.89. The van der Waals surface area contributed by atoms with Crippen molar-refractivity contribution in [1.82, 2.24) is 10.2 Å². The van der Waals surface area contributed by atoms with Gasteiger partial charge < -0.3 is 10.2 Å². The fourth-order valence-corrected chi connectivity index (χ4v) is 2.09. The number of hydrogen-bond acceptors (Lipinski definition) is 2. The second-order valence-electron chi connectivity index (χ2n) is 5.56. The van der Waals surface area contributed by atoms with Crippen LogP contribution in [0.2, 0.25) is 0 Å². The van der Waals surface area contributed by atoms with Crippen molar-refractivity contribution in [2.24, 2.45) is 11.3 Å². The van der Waals surface area contributed by atoms with Gasteiger partial charge in [-0.25, -0.2) is 0 Å². The molecule has 0 saturated heterocycles. The molecule has 0 heterocycles. The smallest absolute Gasteiger partial charge is 0.00468 e. The number of rotatable bonds is 9. The van der Waals surface area contributed by atoms with Crippen LogP contribution in [0.4, 0.5) is 0 Å². The van der Waals surface area contributed by atoms with Crippen LogP contribution in [-0.2, 0) is 0 Å². The molecule has 0 aliphatic heterocycles. The molecule has 0 aliphatic rings. The molecule has 0 spiro atoms. The largest absolute Gasteiger partial charge is 0.316 e. The summed E-state index contributed by atoms with van der Waals surface area (Å²) in [6.07, 6.45) is 2.53. The predicted octanol–water partition coefficient (Wildman–Crippen LogP) is 2.99. The first kappa shape index (κ1) is 15.9. The molecule has 0 aromatic heterocycles. The minimum absolute atomic E-state index is 0.458. The van der Waals surface area contributed by atoms with Gasteiger partial charge in [0, 0.05) is 13.1 Å². The van der Waals surface area contributed by atoms with Gasteiger partial charge in [-0.05, 0) is 44.3 Å². The first-order chi connectivity index (χ1) is 7.49. The van der Waals surface area contributed by atoms with Gasteiger partial charge >= 0.3 is 0 Å². The molecule has 0 aromatic rings. The van der Waals surface area contributed by atoms with E-state index in [-0.39, 0.29) is 0 Å². The summed E-state index contributed by atoms with van der Waals surface area (Å²) in [5.41, 5.74) is 0.458. The fourth-order valence-electron chi connectivity index (χ4n) is 2.09. The number of nitrogens with zero attached hydrogens (tertiary/aromatic N) is 1. The van der Waals surface area contributed by atoms with E-state index in [2.05, 4.69) is 51.9 Å². The van der Waals surface area contributed by atoms with E-state index in [0.717, 1.165) is 25.6 Å². The van der Waals surface area contributed by atoms with Gasteiger partial charge in [0.05, 0.1) is 0 Å². The Morgan fingerprint density at radius 1 is 1.12 bits per heavy atom. The molecule has 1 N–H and O–H groups in total. The van der Waals surface area contributed by atoms with Gasteiger partial charge in [-0.15, -0.1) is 0 Å². The molecule has 0 unspecified atom stereocenters. The minimum atomic E-state index is 0.458. The molecular weight excluding hydrogens is 196 g/mol. The molecule has 16 heavy (non-hydrogen) atoms. The molecule has 0 aromatic carbocycles. The highest BCUT2D eigenvalue weighted by atomic mass is 15.1. The maximum absolute atomic E-state index is 3.63. The van der Waals surface area contributed by atoms with Crippen molar-refractivity contribution in [3.05, 3.63) is 0 Å².